The lowest BCUT2D eigenvalue weighted by molar-refractivity contribution is -0.136. The number of benzene rings is 1. The molecule has 0 spiro atoms. The van der Waals surface area contributed by atoms with Crippen LogP contribution in [0.15, 0.2) is 12.1 Å². The van der Waals surface area contributed by atoms with Crippen LogP contribution in [0, 0.1) is 5.82 Å². The largest absolute Gasteiger partial charge is 0.367 e. The standard InChI is InChI=1S/C18H21FN4O4/c1-22(14-2-3-16(25)21-17(14)26)18(27)12-9-15(13(19)8-11(12)10-24)23-6-4-20-5-7-23/h8-10,14,20H,2-7H2,1H3,(H,21,25,26). The third kappa shape index (κ3) is 3.82. The Morgan fingerprint density at radius 3 is 2.63 bits per heavy atom. The summed E-state index contributed by atoms with van der Waals surface area (Å²) in [4.78, 5) is 50.7. The molecule has 1 unspecified atom stereocenters. The lowest BCUT2D eigenvalue weighted by Gasteiger charge is -2.32. The number of anilines is 1. The number of amides is 3. The predicted octanol–water partition coefficient (Wildman–Crippen LogP) is -0.0750. The highest BCUT2D eigenvalue weighted by Gasteiger charge is 2.33. The molecular weight excluding hydrogens is 355 g/mol. The first kappa shape index (κ1) is 19.0. The van der Waals surface area contributed by atoms with Crippen molar-refractivity contribution >= 4 is 29.7 Å². The number of carbonyl (C=O) groups excluding carboxylic acids is 4. The number of likely N-dealkylation sites (N-methyl/N-ethyl adjacent to an activating group) is 1. The Bertz CT molecular complexity index is 792. The second-order valence-electron chi connectivity index (χ2n) is 6.63. The van der Waals surface area contributed by atoms with Crippen LogP contribution in [0.5, 0.6) is 0 Å². The van der Waals surface area contributed by atoms with Gasteiger partial charge in [-0.2, -0.15) is 0 Å². The minimum atomic E-state index is -0.817. The molecule has 2 N–H and O–H groups in total. The van der Waals surface area contributed by atoms with Crippen LogP contribution in [0.25, 0.3) is 0 Å². The smallest absolute Gasteiger partial charge is 0.255 e. The molecule has 8 nitrogen and oxygen atoms in total. The van der Waals surface area contributed by atoms with E-state index in [-0.39, 0.29) is 35.6 Å². The number of halogens is 1. The zero-order chi connectivity index (χ0) is 19.6. The SMILES string of the molecule is CN(C(=O)c1cc(N2CCNCC2)c(F)cc1C=O)C1CCC(=O)NC1=O. The second kappa shape index (κ2) is 7.83. The van der Waals surface area contributed by atoms with Gasteiger partial charge in [0.25, 0.3) is 5.91 Å². The van der Waals surface area contributed by atoms with Gasteiger partial charge in [0, 0.05) is 45.2 Å². The van der Waals surface area contributed by atoms with Gasteiger partial charge in [-0.15, -0.1) is 0 Å². The van der Waals surface area contributed by atoms with Gasteiger partial charge in [0.05, 0.1) is 11.3 Å². The first-order valence-corrected chi connectivity index (χ1v) is 8.77. The van der Waals surface area contributed by atoms with Crippen LogP contribution in [0.3, 0.4) is 0 Å². The molecule has 1 atom stereocenters. The van der Waals surface area contributed by atoms with E-state index in [1.165, 1.54) is 18.0 Å². The number of nitrogens with zero attached hydrogens (tertiary/aromatic N) is 2. The fourth-order valence-electron chi connectivity index (χ4n) is 3.39. The number of rotatable bonds is 4. The van der Waals surface area contributed by atoms with Gasteiger partial charge in [0.2, 0.25) is 11.8 Å². The summed E-state index contributed by atoms with van der Waals surface area (Å²) in [7, 11) is 1.44. The summed E-state index contributed by atoms with van der Waals surface area (Å²) >= 11 is 0. The van der Waals surface area contributed by atoms with Crippen LogP contribution in [0.2, 0.25) is 0 Å². The Labute approximate surface area is 155 Å². The molecule has 1 aromatic rings. The molecule has 0 aromatic heterocycles. The molecule has 2 fully saturated rings. The van der Waals surface area contributed by atoms with Crippen LogP contribution in [-0.2, 0) is 9.59 Å². The van der Waals surface area contributed by atoms with Gasteiger partial charge in [-0.3, -0.25) is 24.5 Å². The van der Waals surface area contributed by atoms with E-state index in [2.05, 4.69) is 10.6 Å². The van der Waals surface area contributed by atoms with E-state index in [0.29, 0.717) is 32.5 Å². The zero-order valence-electron chi connectivity index (χ0n) is 15.0. The van der Waals surface area contributed by atoms with Crippen LogP contribution >= 0.6 is 0 Å². The number of piperazine rings is 1. The number of hydrogen-bond acceptors (Lipinski definition) is 6. The Morgan fingerprint density at radius 2 is 2.00 bits per heavy atom. The van der Waals surface area contributed by atoms with Crippen molar-refractivity contribution in [2.45, 2.75) is 18.9 Å². The van der Waals surface area contributed by atoms with Crippen molar-refractivity contribution in [1.82, 2.24) is 15.5 Å². The molecule has 3 amide bonds. The molecule has 27 heavy (non-hydrogen) atoms. The van der Waals surface area contributed by atoms with Crippen LogP contribution in [-0.4, -0.2) is 68.2 Å². The highest BCUT2D eigenvalue weighted by molar-refractivity contribution is 6.06. The number of imide groups is 1. The Hall–Kier alpha value is -2.81. The molecule has 144 valence electrons. The average Bonchev–Trinajstić information content (AvgIpc) is 2.67. The number of aldehydes is 1. The van der Waals surface area contributed by atoms with Gasteiger partial charge >= 0.3 is 0 Å². The van der Waals surface area contributed by atoms with E-state index in [9.17, 15) is 23.6 Å². The van der Waals surface area contributed by atoms with Crippen molar-refractivity contribution in [3.63, 3.8) is 0 Å². The molecule has 0 saturated carbocycles. The molecule has 0 radical (unpaired) electrons. The molecule has 2 aliphatic heterocycles. The highest BCUT2D eigenvalue weighted by Crippen LogP contribution is 2.26. The highest BCUT2D eigenvalue weighted by atomic mass is 19.1. The number of hydrogen-bond donors (Lipinski definition) is 2. The molecule has 2 saturated heterocycles. The quantitative estimate of drug-likeness (QED) is 0.564. The van der Waals surface area contributed by atoms with Crippen molar-refractivity contribution in [1.29, 1.82) is 0 Å². The molecule has 9 heteroatoms. The number of nitrogens with one attached hydrogen (secondary N) is 2. The van der Waals surface area contributed by atoms with Gasteiger partial charge in [-0.1, -0.05) is 0 Å². The first-order chi connectivity index (χ1) is 12.9. The predicted molar refractivity (Wildman–Crippen MR) is 95.1 cm³/mol. The maximum absolute atomic E-state index is 14.5. The van der Waals surface area contributed by atoms with Gasteiger partial charge in [0.1, 0.15) is 11.9 Å². The normalized spacial score (nSPS) is 20.2. The van der Waals surface area contributed by atoms with Crippen molar-refractivity contribution in [2.24, 2.45) is 0 Å². The van der Waals surface area contributed by atoms with E-state index in [1.807, 2.05) is 4.90 Å². The summed E-state index contributed by atoms with van der Waals surface area (Å²) in [6, 6.07) is 1.60. The van der Waals surface area contributed by atoms with Gasteiger partial charge < -0.3 is 15.1 Å². The molecule has 1 aromatic carbocycles. The van der Waals surface area contributed by atoms with E-state index in [0.717, 1.165) is 6.07 Å². The Kier molecular flexibility index (Phi) is 5.50. The number of carbonyl (C=O) groups is 4. The van der Waals surface area contributed by atoms with Gasteiger partial charge in [0.15, 0.2) is 6.29 Å². The van der Waals surface area contributed by atoms with E-state index < -0.39 is 23.7 Å². The van der Waals surface area contributed by atoms with Crippen molar-refractivity contribution < 1.29 is 23.6 Å². The van der Waals surface area contributed by atoms with Crippen LogP contribution in [0.4, 0.5) is 10.1 Å². The molecule has 0 aliphatic carbocycles. The van der Waals surface area contributed by atoms with E-state index in [4.69, 9.17) is 0 Å². The van der Waals surface area contributed by atoms with Crippen molar-refractivity contribution in [3.05, 3.63) is 29.1 Å². The first-order valence-electron chi connectivity index (χ1n) is 8.77. The minimum Gasteiger partial charge on any atom is -0.367 e. The zero-order valence-corrected chi connectivity index (χ0v) is 15.0. The molecular formula is C18H21FN4O4. The monoisotopic (exact) mass is 376 g/mol. The lowest BCUT2D eigenvalue weighted by Crippen LogP contribution is -2.53. The van der Waals surface area contributed by atoms with Crippen molar-refractivity contribution in [2.75, 3.05) is 38.1 Å². The Morgan fingerprint density at radius 1 is 1.30 bits per heavy atom. The van der Waals surface area contributed by atoms with E-state index in [1.54, 1.807) is 0 Å². The van der Waals surface area contributed by atoms with E-state index >= 15 is 0 Å². The van der Waals surface area contributed by atoms with Crippen LogP contribution < -0.4 is 15.5 Å². The minimum absolute atomic E-state index is 0.0344. The van der Waals surface area contributed by atoms with Crippen molar-refractivity contribution in [3.8, 4) is 0 Å². The maximum Gasteiger partial charge on any atom is 0.255 e. The summed E-state index contributed by atoms with van der Waals surface area (Å²) in [5, 5.41) is 5.37. The second-order valence-corrected chi connectivity index (χ2v) is 6.63. The lowest BCUT2D eigenvalue weighted by atomic mass is 10.0. The Balaban J connectivity index is 1.91. The fourth-order valence-corrected chi connectivity index (χ4v) is 3.39. The fraction of sp³-hybridized carbons (Fsp3) is 0.444. The number of piperidine rings is 1. The van der Waals surface area contributed by atoms with Gasteiger partial charge in [-0.25, -0.2) is 4.39 Å². The summed E-state index contributed by atoms with van der Waals surface area (Å²) in [6.07, 6.45) is 0.759. The summed E-state index contributed by atoms with van der Waals surface area (Å²) in [5.41, 5.74) is 0.213. The third-order valence-electron chi connectivity index (χ3n) is 4.93. The molecule has 2 heterocycles. The molecule has 0 bridgehead atoms. The maximum atomic E-state index is 14.5. The summed E-state index contributed by atoms with van der Waals surface area (Å²) in [6.45, 7) is 2.53. The summed E-state index contributed by atoms with van der Waals surface area (Å²) < 4.78 is 14.5. The molecule has 3 rings (SSSR count). The molecule has 2 aliphatic rings. The summed E-state index contributed by atoms with van der Waals surface area (Å²) in [5.74, 6) is -2.07. The van der Waals surface area contributed by atoms with Gasteiger partial charge in [-0.05, 0) is 18.6 Å². The van der Waals surface area contributed by atoms with Crippen LogP contribution in [0.1, 0.15) is 33.6 Å². The third-order valence-corrected chi connectivity index (χ3v) is 4.93. The topological polar surface area (TPSA) is 98.8 Å². The average molecular weight is 376 g/mol.